The second kappa shape index (κ2) is 9.44. The molecule has 5 heteroatoms. The standard InChI is InChI=1S/C20H30O5/c1-7-20(8-2,18(21)23-13-14(3)4)19(22)25-17-12-10-9-11-16(17)24-15(5)6/h9-12,14-15H,7-8,13H2,1-6H3. The van der Waals surface area contributed by atoms with Gasteiger partial charge in [0.2, 0.25) is 0 Å². The van der Waals surface area contributed by atoms with Gasteiger partial charge in [0.15, 0.2) is 16.9 Å². The summed E-state index contributed by atoms with van der Waals surface area (Å²) in [5.41, 5.74) is -1.31. The van der Waals surface area contributed by atoms with E-state index in [4.69, 9.17) is 14.2 Å². The third-order valence-corrected chi connectivity index (χ3v) is 3.95. The first-order valence-electron chi connectivity index (χ1n) is 8.92. The number of hydrogen-bond donors (Lipinski definition) is 0. The molecular formula is C20H30O5. The molecule has 0 fully saturated rings. The molecule has 5 nitrogen and oxygen atoms in total. The van der Waals surface area contributed by atoms with Crippen molar-refractivity contribution in [2.75, 3.05) is 6.61 Å². The van der Waals surface area contributed by atoms with Crippen molar-refractivity contribution in [3.8, 4) is 11.5 Å². The molecule has 0 saturated carbocycles. The molecule has 0 aliphatic heterocycles. The van der Waals surface area contributed by atoms with Gasteiger partial charge in [0.1, 0.15) is 0 Å². The first-order chi connectivity index (χ1) is 11.8. The molecule has 0 heterocycles. The molecule has 0 radical (unpaired) electrons. The lowest BCUT2D eigenvalue weighted by Gasteiger charge is -2.27. The van der Waals surface area contributed by atoms with Crippen molar-refractivity contribution >= 4 is 11.9 Å². The Hall–Kier alpha value is -2.04. The van der Waals surface area contributed by atoms with Gasteiger partial charge in [0.05, 0.1) is 12.7 Å². The summed E-state index contributed by atoms with van der Waals surface area (Å²) in [7, 11) is 0. The smallest absolute Gasteiger partial charge is 0.328 e. The average molecular weight is 350 g/mol. The minimum atomic E-state index is -1.31. The van der Waals surface area contributed by atoms with Crippen molar-refractivity contribution in [1.82, 2.24) is 0 Å². The van der Waals surface area contributed by atoms with E-state index >= 15 is 0 Å². The second-order valence-electron chi connectivity index (χ2n) is 6.78. The van der Waals surface area contributed by atoms with Gasteiger partial charge >= 0.3 is 11.9 Å². The molecule has 0 aliphatic carbocycles. The van der Waals surface area contributed by atoms with Crippen LogP contribution in [0.3, 0.4) is 0 Å². The molecular weight excluding hydrogens is 320 g/mol. The fourth-order valence-electron chi connectivity index (χ4n) is 2.37. The van der Waals surface area contributed by atoms with Crippen LogP contribution in [0.25, 0.3) is 0 Å². The predicted molar refractivity (Wildman–Crippen MR) is 96.7 cm³/mol. The normalized spacial score (nSPS) is 11.5. The van der Waals surface area contributed by atoms with Crippen LogP contribution in [0.5, 0.6) is 11.5 Å². The SMILES string of the molecule is CCC(CC)(C(=O)OCC(C)C)C(=O)Oc1ccccc1OC(C)C. The van der Waals surface area contributed by atoms with E-state index in [0.717, 1.165) is 0 Å². The highest BCUT2D eigenvalue weighted by molar-refractivity contribution is 6.00. The van der Waals surface area contributed by atoms with Crippen molar-refractivity contribution in [3.05, 3.63) is 24.3 Å². The minimum Gasteiger partial charge on any atom is -0.487 e. The minimum absolute atomic E-state index is 0.0574. The third kappa shape index (κ3) is 5.48. The second-order valence-corrected chi connectivity index (χ2v) is 6.78. The van der Waals surface area contributed by atoms with Gasteiger partial charge in [-0.25, -0.2) is 0 Å². The zero-order valence-corrected chi connectivity index (χ0v) is 16.1. The average Bonchev–Trinajstić information content (AvgIpc) is 2.56. The van der Waals surface area contributed by atoms with E-state index in [9.17, 15) is 9.59 Å². The third-order valence-electron chi connectivity index (χ3n) is 3.95. The van der Waals surface area contributed by atoms with Gasteiger partial charge < -0.3 is 14.2 Å². The van der Waals surface area contributed by atoms with E-state index in [2.05, 4.69) is 0 Å². The lowest BCUT2D eigenvalue weighted by molar-refractivity contribution is -0.169. The molecule has 0 bridgehead atoms. The highest BCUT2D eigenvalue weighted by Crippen LogP contribution is 2.34. The summed E-state index contributed by atoms with van der Waals surface area (Å²) in [4.78, 5) is 25.4. The maximum Gasteiger partial charge on any atom is 0.328 e. The topological polar surface area (TPSA) is 61.8 Å². The van der Waals surface area contributed by atoms with Crippen molar-refractivity contribution in [1.29, 1.82) is 0 Å². The number of rotatable bonds is 9. The largest absolute Gasteiger partial charge is 0.487 e. The number of carbonyl (C=O) groups is 2. The number of esters is 2. The quantitative estimate of drug-likeness (QED) is 0.376. The van der Waals surface area contributed by atoms with E-state index in [-0.39, 0.29) is 18.6 Å². The van der Waals surface area contributed by atoms with Crippen molar-refractivity contribution in [2.45, 2.75) is 60.5 Å². The lowest BCUT2D eigenvalue weighted by atomic mass is 9.82. The molecule has 0 unspecified atom stereocenters. The van der Waals surface area contributed by atoms with Crippen LogP contribution >= 0.6 is 0 Å². The Morgan fingerprint density at radius 1 is 0.960 bits per heavy atom. The summed E-state index contributed by atoms with van der Waals surface area (Å²) >= 11 is 0. The summed E-state index contributed by atoms with van der Waals surface area (Å²) in [6.45, 7) is 11.5. The van der Waals surface area contributed by atoms with E-state index in [1.54, 1.807) is 38.1 Å². The van der Waals surface area contributed by atoms with E-state index in [1.807, 2.05) is 27.7 Å². The number of carbonyl (C=O) groups excluding carboxylic acids is 2. The van der Waals surface area contributed by atoms with Crippen LogP contribution < -0.4 is 9.47 Å². The number of ether oxygens (including phenoxy) is 3. The lowest BCUT2D eigenvalue weighted by Crippen LogP contribution is -2.43. The first-order valence-corrected chi connectivity index (χ1v) is 8.92. The fourth-order valence-corrected chi connectivity index (χ4v) is 2.37. The van der Waals surface area contributed by atoms with E-state index < -0.39 is 17.4 Å². The predicted octanol–water partition coefficient (Wildman–Crippen LogP) is 4.38. The van der Waals surface area contributed by atoms with Gasteiger partial charge in [0, 0.05) is 0 Å². The Morgan fingerprint density at radius 2 is 1.52 bits per heavy atom. The molecule has 0 aliphatic rings. The highest BCUT2D eigenvalue weighted by Gasteiger charge is 2.46. The van der Waals surface area contributed by atoms with Crippen LogP contribution in [0.4, 0.5) is 0 Å². The van der Waals surface area contributed by atoms with Crippen LogP contribution in [0.1, 0.15) is 54.4 Å². The number of hydrogen-bond acceptors (Lipinski definition) is 5. The van der Waals surface area contributed by atoms with Crippen molar-refractivity contribution < 1.29 is 23.8 Å². The fraction of sp³-hybridized carbons (Fsp3) is 0.600. The van der Waals surface area contributed by atoms with E-state index in [1.165, 1.54) is 0 Å². The zero-order chi connectivity index (χ0) is 19.0. The molecule has 140 valence electrons. The Bertz CT molecular complexity index is 573. The summed E-state index contributed by atoms with van der Waals surface area (Å²) in [6, 6.07) is 6.95. The molecule has 0 atom stereocenters. The number of para-hydroxylation sites is 2. The summed E-state index contributed by atoms with van der Waals surface area (Å²) < 4.78 is 16.6. The van der Waals surface area contributed by atoms with Crippen molar-refractivity contribution in [2.24, 2.45) is 11.3 Å². The van der Waals surface area contributed by atoms with Gasteiger partial charge in [-0.05, 0) is 44.7 Å². The maximum atomic E-state index is 12.8. The summed E-state index contributed by atoms with van der Waals surface area (Å²) in [5.74, 6) is -0.150. The molecule has 0 amide bonds. The summed E-state index contributed by atoms with van der Waals surface area (Å²) in [5, 5.41) is 0. The molecule has 0 spiro atoms. The molecule has 1 aromatic rings. The number of benzene rings is 1. The maximum absolute atomic E-state index is 12.8. The van der Waals surface area contributed by atoms with Crippen LogP contribution in [0.2, 0.25) is 0 Å². The molecule has 0 saturated heterocycles. The van der Waals surface area contributed by atoms with Crippen LogP contribution in [-0.2, 0) is 14.3 Å². The Labute approximate surface area is 150 Å². The summed E-state index contributed by atoms with van der Waals surface area (Å²) in [6.07, 6.45) is 0.567. The van der Waals surface area contributed by atoms with Crippen LogP contribution in [-0.4, -0.2) is 24.6 Å². The van der Waals surface area contributed by atoms with Gasteiger partial charge in [0.25, 0.3) is 0 Å². The molecule has 0 aromatic heterocycles. The van der Waals surface area contributed by atoms with E-state index in [0.29, 0.717) is 24.3 Å². The Balaban J connectivity index is 3.03. The molecule has 0 N–H and O–H groups in total. The molecule has 1 aromatic carbocycles. The zero-order valence-electron chi connectivity index (χ0n) is 16.1. The van der Waals surface area contributed by atoms with Gasteiger partial charge in [-0.3, -0.25) is 9.59 Å². The van der Waals surface area contributed by atoms with Crippen LogP contribution in [0, 0.1) is 11.3 Å². The van der Waals surface area contributed by atoms with Gasteiger partial charge in [-0.1, -0.05) is 39.8 Å². The van der Waals surface area contributed by atoms with Crippen LogP contribution in [0.15, 0.2) is 24.3 Å². The first kappa shape index (κ1) is 21.0. The molecule has 25 heavy (non-hydrogen) atoms. The van der Waals surface area contributed by atoms with Gasteiger partial charge in [-0.15, -0.1) is 0 Å². The Kier molecular flexibility index (Phi) is 7.94. The monoisotopic (exact) mass is 350 g/mol. The van der Waals surface area contributed by atoms with Gasteiger partial charge in [-0.2, -0.15) is 0 Å². The highest BCUT2D eigenvalue weighted by atomic mass is 16.6. The molecule has 1 rings (SSSR count). The van der Waals surface area contributed by atoms with Crippen molar-refractivity contribution in [3.63, 3.8) is 0 Å². The Morgan fingerprint density at radius 3 is 2.00 bits per heavy atom.